The molecule has 0 saturated heterocycles. The van der Waals surface area contributed by atoms with Gasteiger partial charge >= 0.3 is 0 Å². The maximum absolute atomic E-state index is 13.3. The molecule has 7 heteroatoms. The van der Waals surface area contributed by atoms with Crippen LogP contribution in [-0.4, -0.2) is 28.2 Å². The van der Waals surface area contributed by atoms with E-state index < -0.39 is 27.4 Å². The molecule has 1 atom stereocenters. The molecule has 1 aromatic rings. The number of hydrogen-bond acceptors (Lipinski definition) is 4. The summed E-state index contributed by atoms with van der Waals surface area (Å²) in [6.45, 7) is 1.78. The number of nitrogens with zero attached hydrogens (tertiary/aromatic N) is 1. The normalized spacial score (nSPS) is 13.0. The van der Waals surface area contributed by atoms with Gasteiger partial charge in [-0.1, -0.05) is 6.07 Å². The second-order valence-electron chi connectivity index (χ2n) is 3.70. The highest BCUT2D eigenvalue weighted by Crippen LogP contribution is 2.18. The number of ether oxygens (including phenoxy) is 1. The molecule has 5 nitrogen and oxygen atoms in total. The summed E-state index contributed by atoms with van der Waals surface area (Å²) in [6.07, 6.45) is 0. The van der Waals surface area contributed by atoms with E-state index in [1.807, 2.05) is 0 Å². The Hall–Kier alpha value is -1.49. The highest BCUT2D eigenvalue weighted by Gasteiger charge is 2.22. The van der Waals surface area contributed by atoms with Gasteiger partial charge in [-0.2, -0.15) is 5.26 Å². The van der Waals surface area contributed by atoms with Crippen molar-refractivity contribution in [3.05, 3.63) is 29.6 Å². The molecule has 1 rings (SSSR count). The molecule has 0 aliphatic heterocycles. The standard InChI is InChI=1S/C11H13FN2O3S/c1-8(7-17-2)14-18(15,16)11-5-3-4-10(12)9(11)6-13/h3-5,8,14H,7H2,1-2H3. The minimum Gasteiger partial charge on any atom is -0.383 e. The van der Waals surface area contributed by atoms with Gasteiger partial charge in [0.15, 0.2) is 0 Å². The topological polar surface area (TPSA) is 79.2 Å². The van der Waals surface area contributed by atoms with E-state index in [4.69, 9.17) is 10.00 Å². The van der Waals surface area contributed by atoms with Crippen LogP contribution < -0.4 is 4.72 Å². The quantitative estimate of drug-likeness (QED) is 0.867. The van der Waals surface area contributed by atoms with Crippen LogP contribution in [0, 0.1) is 17.1 Å². The zero-order valence-corrected chi connectivity index (χ0v) is 10.8. The molecular weight excluding hydrogens is 259 g/mol. The lowest BCUT2D eigenvalue weighted by atomic mass is 10.2. The van der Waals surface area contributed by atoms with Crippen molar-refractivity contribution in [2.24, 2.45) is 0 Å². The lowest BCUT2D eigenvalue weighted by Gasteiger charge is -2.14. The fourth-order valence-corrected chi connectivity index (χ4v) is 2.84. The SMILES string of the molecule is COCC(C)NS(=O)(=O)c1cccc(F)c1C#N. The first-order valence-corrected chi connectivity index (χ1v) is 6.60. The lowest BCUT2D eigenvalue weighted by molar-refractivity contribution is 0.180. The van der Waals surface area contributed by atoms with E-state index in [2.05, 4.69) is 4.72 Å². The summed E-state index contributed by atoms with van der Waals surface area (Å²) in [5.41, 5.74) is -0.491. The summed E-state index contributed by atoms with van der Waals surface area (Å²) in [5, 5.41) is 8.79. The molecule has 18 heavy (non-hydrogen) atoms. The Labute approximate surface area is 105 Å². The van der Waals surface area contributed by atoms with Crippen LogP contribution in [-0.2, 0) is 14.8 Å². The Morgan fingerprint density at radius 2 is 2.22 bits per heavy atom. The maximum Gasteiger partial charge on any atom is 0.242 e. The predicted octanol–water partition coefficient (Wildman–Crippen LogP) is 1.01. The minimum atomic E-state index is -3.94. The van der Waals surface area contributed by atoms with E-state index >= 15 is 0 Å². The van der Waals surface area contributed by atoms with Gasteiger partial charge in [-0.25, -0.2) is 17.5 Å². The largest absolute Gasteiger partial charge is 0.383 e. The Morgan fingerprint density at radius 1 is 1.56 bits per heavy atom. The van der Waals surface area contributed by atoms with Crippen molar-refractivity contribution in [1.29, 1.82) is 5.26 Å². The highest BCUT2D eigenvalue weighted by atomic mass is 32.2. The summed E-state index contributed by atoms with van der Waals surface area (Å²) in [6, 6.07) is 4.54. The summed E-state index contributed by atoms with van der Waals surface area (Å²) in [7, 11) is -2.50. The first-order valence-electron chi connectivity index (χ1n) is 5.12. The van der Waals surface area contributed by atoms with Crippen molar-refractivity contribution in [3.63, 3.8) is 0 Å². The molecule has 0 spiro atoms. The lowest BCUT2D eigenvalue weighted by Crippen LogP contribution is -2.36. The van der Waals surface area contributed by atoms with Gasteiger partial charge in [0, 0.05) is 13.2 Å². The third-order valence-corrected chi connectivity index (χ3v) is 3.78. The predicted molar refractivity (Wildman–Crippen MR) is 62.8 cm³/mol. The third kappa shape index (κ3) is 3.26. The van der Waals surface area contributed by atoms with Gasteiger partial charge in [0.2, 0.25) is 10.0 Å². The van der Waals surface area contributed by atoms with Gasteiger partial charge in [-0.3, -0.25) is 0 Å². The molecule has 0 fully saturated rings. The van der Waals surface area contributed by atoms with Gasteiger partial charge in [0.25, 0.3) is 0 Å². The van der Waals surface area contributed by atoms with E-state index in [0.29, 0.717) is 0 Å². The van der Waals surface area contributed by atoms with Crippen LogP contribution in [0.4, 0.5) is 4.39 Å². The molecule has 0 aliphatic rings. The number of methoxy groups -OCH3 is 1. The first-order chi connectivity index (χ1) is 8.42. The fraction of sp³-hybridized carbons (Fsp3) is 0.364. The molecule has 0 amide bonds. The smallest absolute Gasteiger partial charge is 0.242 e. The van der Waals surface area contributed by atoms with Crippen molar-refractivity contribution in [1.82, 2.24) is 4.72 Å². The molecule has 0 heterocycles. The van der Waals surface area contributed by atoms with Crippen LogP contribution in [0.15, 0.2) is 23.1 Å². The van der Waals surface area contributed by atoms with Crippen LogP contribution in [0.5, 0.6) is 0 Å². The molecule has 0 radical (unpaired) electrons. The van der Waals surface area contributed by atoms with Crippen molar-refractivity contribution < 1.29 is 17.5 Å². The number of benzene rings is 1. The number of sulfonamides is 1. The van der Waals surface area contributed by atoms with Crippen molar-refractivity contribution in [2.45, 2.75) is 17.9 Å². The number of nitriles is 1. The average Bonchev–Trinajstić information content (AvgIpc) is 2.28. The van der Waals surface area contributed by atoms with Gasteiger partial charge < -0.3 is 4.74 Å². The summed E-state index contributed by atoms with van der Waals surface area (Å²) in [5.74, 6) is -0.861. The Balaban J connectivity index is 3.14. The zero-order chi connectivity index (χ0) is 13.8. The maximum atomic E-state index is 13.3. The fourth-order valence-electron chi connectivity index (χ4n) is 1.45. The van der Waals surface area contributed by atoms with Gasteiger partial charge in [-0.15, -0.1) is 0 Å². The van der Waals surface area contributed by atoms with Crippen LogP contribution in [0.25, 0.3) is 0 Å². The van der Waals surface area contributed by atoms with Crippen LogP contribution in [0.1, 0.15) is 12.5 Å². The number of nitrogens with one attached hydrogen (secondary N) is 1. The van der Waals surface area contributed by atoms with Crippen molar-refractivity contribution in [3.8, 4) is 6.07 Å². The van der Waals surface area contributed by atoms with Crippen molar-refractivity contribution in [2.75, 3.05) is 13.7 Å². The highest BCUT2D eigenvalue weighted by molar-refractivity contribution is 7.89. The summed E-state index contributed by atoms with van der Waals surface area (Å²) >= 11 is 0. The van der Waals surface area contributed by atoms with Crippen molar-refractivity contribution >= 4 is 10.0 Å². The molecule has 0 bridgehead atoms. The Kier molecular flexibility index (Phi) is 4.78. The molecule has 1 unspecified atom stereocenters. The Bertz CT molecular complexity index is 566. The van der Waals surface area contributed by atoms with Gasteiger partial charge in [0.05, 0.1) is 6.61 Å². The van der Waals surface area contributed by atoms with E-state index in [9.17, 15) is 12.8 Å². The van der Waals surface area contributed by atoms with E-state index in [0.717, 1.165) is 6.07 Å². The molecule has 0 saturated carbocycles. The second-order valence-corrected chi connectivity index (χ2v) is 5.38. The zero-order valence-electron chi connectivity index (χ0n) is 9.97. The van der Waals surface area contributed by atoms with Crippen LogP contribution in [0.3, 0.4) is 0 Å². The molecule has 98 valence electrons. The average molecular weight is 272 g/mol. The summed E-state index contributed by atoms with van der Waals surface area (Å²) < 4.78 is 44.4. The molecule has 1 aromatic carbocycles. The third-order valence-electron chi connectivity index (χ3n) is 2.15. The molecule has 1 N–H and O–H groups in total. The molecule has 0 aromatic heterocycles. The summed E-state index contributed by atoms with van der Waals surface area (Å²) in [4.78, 5) is -0.368. The number of rotatable bonds is 5. The number of halogens is 1. The molecular formula is C11H13FN2O3S. The van der Waals surface area contributed by atoms with Gasteiger partial charge in [-0.05, 0) is 19.1 Å². The van der Waals surface area contributed by atoms with Gasteiger partial charge in [0.1, 0.15) is 22.3 Å². The van der Waals surface area contributed by atoms with Crippen LogP contribution in [0.2, 0.25) is 0 Å². The van der Waals surface area contributed by atoms with E-state index in [1.165, 1.54) is 19.2 Å². The first kappa shape index (κ1) is 14.6. The monoisotopic (exact) mass is 272 g/mol. The Morgan fingerprint density at radius 3 is 2.78 bits per heavy atom. The second kappa shape index (κ2) is 5.91. The van der Waals surface area contributed by atoms with Crippen LogP contribution >= 0.6 is 0 Å². The number of hydrogen-bond donors (Lipinski definition) is 1. The minimum absolute atomic E-state index is 0.177. The van der Waals surface area contributed by atoms with E-state index in [-0.39, 0.29) is 11.5 Å². The van der Waals surface area contributed by atoms with E-state index in [1.54, 1.807) is 13.0 Å². The molecule has 0 aliphatic carbocycles.